The molecule has 188 valence electrons. The molecule has 0 radical (unpaired) electrons. The zero-order chi connectivity index (χ0) is 26.3. The van der Waals surface area contributed by atoms with Gasteiger partial charge in [-0.05, 0) is 60.5 Å². The third kappa shape index (κ3) is 6.23. The molecular weight excluding hydrogens is 486 g/mol. The Morgan fingerprint density at radius 1 is 0.730 bits per heavy atom. The van der Waals surface area contributed by atoms with Gasteiger partial charge in [0, 0.05) is 19.2 Å². The van der Waals surface area contributed by atoms with Gasteiger partial charge >= 0.3 is 0 Å². The van der Waals surface area contributed by atoms with E-state index in [1.165, 1.54) is 23.5 Å². The van der Waals surface area contributed by atoms with Crippen LogP contribution in [-0.2, 0) is 16.4 Å². The Labute approximate surface area is 216 Å². The van der Waals surface area contributed by atoms with Crippen LogP contribution in [0.1, 0.15) is 26.3 Å². The highest BCUT2D eigenvalue weighted by Gasteiger charge is 2.21. The monoisotopic (exact) mass is 513 g/mol. The van der Waals surface area contributed by atoms with E-state index in [2.05, 4.69) is 10.6 Å². The minimum Gasteiger partial charge on any atom is -0.352 e. The van der Waals surface area contributed by atoms with E-state index < -0.39 is 15.9 Å². The Bertz CT molecular complexity index is 1470. The van der Waals surface area contributed by atoms with Gasteiger partial charge in [-0.3, -0.25) is 13.9 Å². The number of anilines is 2. The number of carbonyl (C=O) groups is 2. The highest BCUT2D eigenvalue weighted by Crippen LogP contribution is 2.23. The Hall–Kier alpha value is -4.43. The quantitative estimate of drug-likeness (QED) is 0.338. The number of hydrogen-bond acceptors (Lipinski definition) is 4. The van der Waals surface area contributed by atoms with Crippen LogP contribution in [0.15, 0.2) is 114 Å². The van der Waals surface area contributed by atoms with Crippen molar-refractivity contribution in [1.82, 2.24) is 5.32 Å². The Morgan fingerprint density at radius 3 is 2.00 bits per heavy atom. The molecule has 0 aliphatic rings. The maximum Gasteiger partial charge on any atom is 0.264 e. The molecule has 0 unspecified atom stereocenters. The Morgan fingerprint density at radius 2 is 1.32 bits per heavy atom. The van der Waals surface area contributed by atoms with Gasteiger partial charge in [-0.15, -0.1) is 0 Å². The van der Waals surface area contributed by atoms with Gasteiger partial charge in [-0.2, -0.15) is 0 Å². The molecule has 0 aromatic heterocycles. The van der Waals surface area contributed by atoms with E-state index in [-0.39, 0.29) is 10.8 Å². The van der Waals surface area contributed by atoms with Gasteiger partial charge in [0.1, 0.15) is 0 Å². The first-order chi connectivity index (χ1) is 17.9. The topological polar surface area (TPSA) is 95.6 Å². The molecule has 0 aliphatic carbocycles. The van der Waals surface area contributed by atoms with E-state index in [0.29, 0.717) is 35.5 Å². The predicted molar refractivity (Wildman–Crippen MR) is 145 cm³/mol. The lowest BCUT2D eigenvalue weighted by Crippen LogP contribution is -2.27. The van der Waals surface area contributed by atoms with Crippen molar-refractivity contribution >= 4 is 33.2 Å². The summed E-state index contributed by atoms with van der Waals surface area (Å²) in [6.45, 7) is 0.464. The summed E-state index contributed by atoms with van der Waals surface area (Å²) in [6, 6.07) is 31.0. The molecule has 2 N–H and O–H groups in total. The van der Waals surface area contributed by atoms with E-state index in [9.17, 15) is 18.0 Å². The number of amides is 2. The number of benzene rings is 4. The van der Waals surface area contributed by atoms with Crippen molar-refractivity contribution in [3.63, 3.8) is 0 Å². The molecule has 0 bridgehead atoms. The largest absolute Gasteiger partial charge is 0.352 e. The number of hydrogen-bond donors (Lipinski definition) is 2. The van der Waals surface area contributed by atoms with Crippen LogP contribution in [-0.4, -0.2) is 33.8 Å². The number of rotatable bonds is 9. The molecule has 0 spiro atoms. The Kier molecular flexibility index (Phi) is 8.00. The van der Waals surface area contributed by atoms with E-state index in [0.717, 1.165) is 5.56 Å². The molecule has 0 heterocycles. The zero-order valence-corrected chi connectivity index (χ0v) is 21.1. The van der Waals surface area contributed by atoms with Crippen LogP contribution in [0, 0.1) is 0 Å². The second-order valence-corrected chi connectivity index (χ2v) is 10.3. The SMILES string of the molecule is CN(c1ccc(C(=O)Nc2ccccc2C(=O)NCCc2ccccc2)cc1)S(=O)(=O)c1ccccc1. The number of sulfonamides is 1. The number of carbonyl (C=O) groups excluding carboxylic acids is 2. The summed E-state index contributed by atoms with van der Waals surface area (Å²) in [5, 5.41) is 5.68. The van der Waals surface area contributed by atoms with Gasteiger partial charge in [0.05, 0.1) is 21.8 Å². The summed E-state index contributed by atoms with van der Waals surface area (Å²) in [7, 11) is -2.26. The van der Waals surface area contributed by atoms with E-state index in [4.69, 9.17) is 0 Å². The van der Waals surface area contributed by atoms with Crippen molar-refractivity contribution in [2.45, 2.75) is 11.3 Å². The van der Waals surface area contributed by atoms with Crippen molar-refractivity contribution in [2.24, 2.45) is 0 Å². The summed E-state index contributed by atoms with van der Waals surface area (Å²) < 4.78 is 26.9. The van der Waals surface area contributed by atoms with Gasteiger partial charge in [-0.25, -0.2) is 8.42 Å². The highest BCUT2D eigenvalue weighted by molar-refractivity contribution is 7.92. The standard InChI is InChI=1S/C29H27N3O4S/c1-32(37(35,36)25-12-6-3-7-13-25)24-18-16-23(17-19-24)28(33)31-27-15-9-8-14-26(27)29(34)30-21-20-22-10-4-2-5-11-22/h2-19H,20-21H2,1H3,(H,30,34)(H,31,33). The molecule has 37 heavy (non-hydrogen) atoms. The van der Waals surface area contributed by atoms with Gasteiger partial charge in [-0.1, -0.05) is 60.7 Å². The first kappa shape index (κ1) is 25.7. The minimum absolute atomic E-state index is 0.179. The molecule has 0 saturated heterocycles. The molecule has 0 atom stereocenters. The second-order valence-electron chi connectivity index (χ2n) is 8.32. The number of nitrogens with one attached hydrogen (secondary N) is 2. The fraction of sp³-hybridized carbons (Fsp3) is 0.103. The molecule has 0 fully saturated rings. The normalized spacial score (nSPS) is 10.9. The fourth-order valence-electron chi connectivity index (χ4n) is 3.76. The van der Waals surface area contributed by atoms with Crippen molar-refractivity contribution in [3.8, 4) is 0 Å². The smallest absolute Gasteiger partial charge is 0.264 e. The van der Waals surface area contributed by atoms with Crippen LogP contribution in [0.5, 0.6) is 0 Å². The van der Waals surface area contributed by atoms with Crippen LogP contribution >= 0.6 is 0 Å². The lowest BCUT2D eigenvalue weighted by Gasteiger charge is -2.19. The molecule has 0 saturated carbocycles. The van der Waals surface area contributed by atoms with E-state index in [1.807, 2.05) is 30.3 Å². The fourth-order valence-corrected chi connectivity index (χ4v) is 4.97. The number of para-hydroxylation sites is 1. The predicted octanol–water partition coefficient (Wildman–Crippen LogP) is 4.74. The maximum absolute atomic E-state index is 12.9. The molecule has 8 heteroatoms. The molecule has 2 amide bonds. The lowest BCUT2D eigenvalue weighted by atomic mass is 10.1. The van der Waals surface area contributed by atoms with Crippen molar-refractivity contribution in [3.05, 3.63) is 126 Å². The maximum atomic E-state index is 12.9. The first-order valence-corrected chi connectivity index (χ1v) is 13.2. The minimum atomic E-state index is -3.73. The van der Waals surface area contributed by atoms with Crippen molar-refractivity contribution < 1.29 is 18.0 Å². The van der Waals surface area contributed by atoms with E-state index in [1.54, 1.807) is 66.7 Å². The average Bonchev–Trinajstić information content (AvgIpc) is 2.94. The van der Waals surface area contributed by atoms with Gasteiger partial charge in [0.25, 0.3) is 21.8 Å². The Balaban J connectivity index is 1.42. The summed E-state index contributed by atoms with van der Waals surface area (Å²) in [6.07, 6.45) is 0.696. The zero-order valence-electron chi connectivity index (χ0n) is 20.3. The van der Waals surface area contributed by atoms with Crippen LogP contribution in [0.4, 0.5) is 11.4 Å². The highest BCUT2D eigenvalue weighted by atomic mass is 32.2. The van der Waals surface area contributed by atoms with Crippen LogP contribution in [0.2, 0.25) is 0 Å². The molecular formula is C29H27N3O4S. The second kappa shape index (κ2) is 11.5. The lowest BCUT2D eigenvalue weighted by molar-refractivity contribution is 0.0955. The molecule has 4 aromatic carbocycles. The van der Waals surface area contributed by atoms with Gasteiger partial charge in [0.15, 0.2) is 0 Å². The van der Waals surface area contributed by atoms with Crippen LogP contribution in [0.25, 0.3) is 0 Å². The van der Waals surface area contributed by atoms with Gasteiger partial charge < -0.3 is 10.6 Å². The van der Waals surface area contributed by atoms with Crippen molar-refractivity contribution in [1.29, 1.82) is 0 Å². The summed E-state index contributed by atoms with van der Waals surface area (Å²) in [5.41, 5.74) is 2.61. The average molecular weight is 514 g/mol. The van der Waals surface area contributed by atoms with Crippen LogP contribution < -0.4 is 14.9 Å². The first-order valence-electron chi connectivity index (χ1n) is 11.7. The molecule has 0 aliphatic heterocycles. The van der Waals surface area contributed by atoms with Crippen molar-refractivity contribution in [2.75, 3.05) is 23.2 Å². The summed E-state index contributed by atoms with van der Waals surface area (Å²) in [5.74, 6) is -0.695. The van der Waals surface area contributed by atoms with Crippen LogP contribution in [0.3, 0.4) is 0 Å². The third-order valence-electron chi connectivity index (χ3n) is 5.86. The molecule has 4 rings (SSSR count). The summed E-state index contributed by atoms with van der Waals surface area (Å²) in [4.78, 5) is 25.9. The number of nitrogens with zero attached hydrogens (tertiary/aromatic N) is 1. The van der Waals surface area contributed by atoms with Gasteiger partial charge in [0.2, 0.25) is 0 Å². The molecule has 7 nitrogen and oxygen atoms in total. The van der Waals surface area contributed by atoms with E-state index >= 15 is 0 Å². The summed E-state index contributed by atoms with van der Waals surface area (Å²) >= 11 is 0. The third-order valence-corrected chi connectivity index (χ3v) is 7.66. The molecule has 4 aromatic rings.